The third-order valence-electron chi connectivity index (χ3n) is 4.95. The lowest BCUT2D eigenvalue weighted by Crippen LogP contribution is -2.25. The van der Waals surface area contributed by atoms with Crippen LogP contribution in [0.25, 0.3) is 11.0 Å². The molecule has 1 saturated heterocycles. The summed E-state index contributed by atoms with van der Waals surface area (Å²) in [6.45, 7) is 7.37. The molecule has 4 rings (SSSR count). The van der Waals surface area contributed by atoms with E-state index in [4.69, 9.17) is 4.98 Å². The molecule has 126 valence electrons. The Balaban J connectivity index is 1.58. The number of hydrogen-bond acceptors (Lipinski definition) is 3. The predicted molar refractivity (Wildman–Crippen MR) is 95.7 cm³/mol. The Kier molecular flexibility index (Phi) is 4.10. The van der Waals surface area contributed by atoms with Crippen LogP contribution in [0.15, 0.2) is 30.6 Å². The van der Waals surface area contributed by atoms with Crippen LogP contribution < -0.4 is 0 Å². The molecule has 0 unspecified atom stereocenters. The molecule has 3 heterocycles. The molecular weight excluding hydrogens is 298 g/mol. The van der Waals surface area contributed by atoms with Gasteiger partial charge >= 0.3 is 0 Å². The highest BCUT2D eigenvalue weighted by Gasteiger charge is 2.29. The fourth-order valence-electron chi connectivity index (χ4n) is 3.74. The fourth-order valence-corrected chi connectivity index (χ4v) is 3.74. The van der Waals surface area contributed by atoms with E-state index in [1.54, 1.807) is 0 Å². The van der Waals surface area contributed by atoms with Gasteiger partial charge in [-0.1, -0.05) is 13.0 Å². The molecule has 2 aromatic heterocycles. The standard InChI is InChI=1S/C19H25N5/c1-3-9-23-11-8-20-18(23)13-24-10-4-5-17(24)19-21-15-7-6-14(2)12-16(15)22-19/h6-8,11-12,17H,3-5,9-10,13H2,1-2H3,(H,21,22)/t17-/m1/s1. The van der Waals surface area contributed by atoms with E-state index in [0.29, 0.717) is 6.04 Å². The summed E-state index contributed by atoms with van der Waals surface area (Å²) in [5.74, 6) is 2.26. The number of rotatable bonds is 5. The van der Waals surface area contributed by atoms with Gasteiger partial charge in [0.15, 0.2) is 0 Å². The van der Waals surface area contributed by atoms with Crippen LogP contribution in [0.5, 0.6) is 0 Å². The van der Waals surface area contributed by atoms with Gasteiger partial charge in [-0.3, -0.25) is 4.90 Å². The van der Waals surface area contributed by atoms with Gasteiger partial charge in [0, 0.05) is 18.9 Å². The van der Waals surface area contributed by atoms with E-state index in [2.05, 4.69) is 57.7 Å². The van der Waals surface area contributed by atoms with Gasteiger partial charge in [-0.25, -0.2) is 9.97 Å². The summed E-state index contributed by atoms with van der Waals surface area (Å²) >= 11 is 0. The van der Waals surface area contributed by atoms with Crippen LogP contribution in [0, 0.1) is 6.92 Å². The maximum absolute atomic E-state index is 4.85. The van der Waals surface area contributed by atoms with Crippen LogP contribution in [0.4, 0.5) is 0 Å². The van der Waals surface area contributed by atoms with Gasteiger partial charge in [0.05, 0.1) is 23.6 Å². The average molecular weight is 323 g/mol. The minimum absolute atomic E-state index is 0.365. The molecule has 0 amide bonds. The number of likely N-dealkylation sites (tertiary alicyclic amines) is 1. The van der Waals surface area contributed by atoms with Crippen molar-refractivity contribution in [2.24, 2.45) is 0 Å². The van der Waals surface area contributed by atoms with E-state index >= 15 is 0 Å². The molecule has 5 nitrogen and oxygen atoms in total. The topological polar surface area (TPSA) is 49.7 Å². The van der Waals surface area contributed by atoms with Crippen molar-refractivity contribution in [1.29, 1.82) is 0 Å². The van der Waals surface area contributed by atoms with Crippen molar-refractivity contribution in [2.75, 3.05) is 6.54 Å². The summed E-state index contributed by atoms with van der Waals surface area (Å²) in [6.07, 6.45) is 7.52. The van der Waals surface area contributed by atoms with Crippen molar-refractivity contribution in [1.82, 2.24) is 24.4 Å². The fraction of sp³-hybridized carbons (Fsp3) is 0.474. The van der Waals surface area contributed by atoms with Gasteiger partial charge in [0.25, 0.3) is 0 Å². The molecule has 0 saturated carbocycles. The zero-order valence-corrected chi connectivity index (χ0v) is 14.5. The van der Waals surface area contributed by atoms with Crippen LogP contribution in [0.3, 0.4) is 0 Å². The molecule has 3 aromatic rings. The number of aryl methyl sites for hydroxylation is 2. The number of benzene rings is 1. The molecule has 24 heavy (non-hydrogen) atoms. The van der Waals surface area contributed by atoms with Gasteiger partial charge in [0.2, 0.25) is 0 Å². The first-order chi connectivity index (χ1) is 11.7. The smallest absolute Gasteiger partial charge is 0.124 e. The zero-order chi connectivity index (χ0) is 16.5. The predicted octanol–water partition coefficient (Wildman–Crippen LogP) is 3.81. The second-order valence-electron chi connectivity index (χ2n) is 6.81. The van der Waals surface area contributed by atoms with Crippen LogP contribution >= 0.6 is 0 Å². The summed E-state index contributed by atoms with van der Waals surface area (Å²) in [7, 11) is 0. The van der Waals surface area contributed by atoms with Crippen molar-refractivity contribution in [3.63, 3.8) is 0 Å². The summed E-state index contributed by atoms with van der Waals surface area (Å²) in [6, 6.07) is 6.78. The van der Waals surface area contributed by atoms with Crippen LogP contribution in [-0.4, -0.2) is 31.0 Å². The number of aromatic nitrogens is 4. The maximum atomic E-state index is 4.85. The summed E-state index contributed by atoms with van der Waals surface area (Å²) in [4.78, 5) is 15.5. The number of hydrogen-bond donors (Lipinski definition) is 1. The first-order valence-electron chi connectivity index (χ1n) is 8.95. The Morgan fingerprint density at radius 1 is 1.33 bits per heavy atom. The highest BCUT2D eigenvalue weighted by molar-refractivity contribution is 5.75. The molecule has 1 fully saturated rings. The van der Waals surface area contributed by atoms with E-state index in [9.17, 15) is 0 Å². The molecule has 0 spiro atoms. The molecule has 0 aliphatic carbocycles. The molecule has 1 N–H and O–H groups in total. The Hall–Kier alpha value is -2.14. The summed E-state index contributed by atoms with van der Waals surface area (Å²) in [5, 5.41) is 0. The second kappa shape index (κ2) is 6.40. The quantitative estimate of drug-likeness (QED) is 0.776. The van der Waals surface area contributed by atoms with Crippen LogP contribution in [0.2, 0.25) is 0 Å². The third kappa shape index (κ3) is 2.84. The van der Waals surface area contributed by atoms with Crippen molar-refractivity contribution in [3.8, 4) is 0 Å². The highest BCUT2D eigenvalue weighted by atomic mass is 15.2. The first-order valence-corrected chi connectivity index (χ1v) is 8.95. The van der Waals surface area contributed by atoms with Gasteiger partial charge in [0.1, 0.15) is 11.6 Å². The lowest BCUT2D eigenvalue weighted by atomic mass is 10.2. The Bertz CT molecular complexity index is 831. The monoisotopic (exact) mass is 323 g/mol. The number of nitrogens with zero attached hydrogens (tertiary/aromatic N) is 4. The number of H-pyrrole nitrogens is 1. The van der Waals surface area contributed by atoms with Gasteiger partial charge in [-0.2, -0.15) is 0 Å². The molecule has 0 radical (unpaired) electrons. The number of nitrogens with one attached hydrogen (secondary N) is 1. The van der Waals surface area contributed by atoms with E-state index in [1.165, 1.54) is 12.0 Å². The molecular formula is C19H25N5. The van der Waals surface area contributed by atoms with E-state index in [0.717, 1.165) is 55.2 Å². The number of fused-ring (bicyclic) bond motifs is 1. The molecule has 0 bridgehead atoms. The van der Waals surface area contributed by atoms with Crippen LogP contribution in [-0.2, 0) is 13.1 Å². The molecule has 5 heteroatoms. The van der Waals surface area contributed by atoms with Crippen molar-refractivity contribution >= 4 is 11.0 Å². The number of imidazole rings is 2. The Labute approximate surface area is 142 Å². The molecule has 1 atom stereocenters. The van der Waals surface area contributed by atoms with Crippen molar-refractivity contribution in [3.05, 3.63) is 47.8 Å². The minimum Gasteiger partial charge on any atom is -0.341 e. The van der Waals surface area contributed by atoms with Gasteiger partial charge in [-0.15, -0.1) is 0 Å². The van der Waals surface area contributed by atoms with E-state index < -0.39 is 0 Å². The second-order valence-corrected chi connectivity index (χ2v) is 6.81. The molecule has 1 aromatic carbocycles. The molecule has 1 aliphatic heterocycles. The van der Waals surface area contributed by atoms with Gasteiger partial charge < -0.3 is 9.55 Å². The largest absolute Gasteiger partial charge is 0.341 e. The van der Waals surface area contributed by atoms with Crippen LogP contribution in [0.1, 0.15) is 49.4 Å². The lowest BCUT2D eigenvalue weighted by Gasteiger charge is -2.22. The molecule has 1 aliphatic rings. The van der Waals surface area contributed by atoms with E-state index in [-0.39, 0.29) is 0 Å². The lowest BCUT2D eigenvalue weighted by molar-refractivity contribution is 0.231. The maximum Gasteiger partial charge on any atom is 0.124 e. The Morgan fingerprint density at radius 3 is 3.12 bits per heavy atom. The Morgan fingerprint density at radius 2 is 2.25 bits per heavy atom. The summed E-state index contributed by atoms with van der Waals surface area (Å²) < 4.78 is 2.28. The van der Waals surface area contributed by atoms with Crippen molar-refractivity contribution < 1.29 is 0 Å². The average Bonchev–Trinajstić information content (AvgIpc) is 3.27. The summed E-state index contributed by atoms with van der Waals surface area (Å²) in [5.41, 5.74) is 3.47. The minimum atomic E-state index is 0.365. The SMILES string of the molecule is CCCn1ccnc1CN1CCC[C@@H]1c1nc2ccc(C)cc2[nH]1. The number of aromatic amines is 1. The third-order valence-corrected chi connectivity index (χ3v) is 4.95. The van der Waals surface area contributed by atoms with Gasteiger partial charge in [-0.05, 0) is 50.4 Å². The highest BCUT2D eigenvalue weighted by Crippen LogP contribution is 2.32. The normalized spacial score (nSPS) is 18.7. The van der Waals surface area contributed by atoms with E-state index in [1.807, 2.05) is 6.20 Å². The zero-order valence-electron chi connectivity index (χ0n) is 14.5. The first kappa shape index (κ1) is 15.4. The van der Waals surface area contributed by atoms with Crippen molar-refractivity contribution in [2.45, 2.75) is 52.2 Å².